The molecular weight excluding hydrogens is 384 g/mol. The number of esters is 1. The molecule has 0 heterocycles. The standard InChI is InChI=1S/C28H38O3/c1-4-23(5-2)24-13-15-25(16-14-24)28(29)31-27-19-11-22(12-20-27)8-7-21-9-17-26(18-10-21)30-6-3/h4,11-12,19-21,23-26H,1,5-6,9-10,13-18H2,2-3H3/t21-,23?,24-,25-,26-. The number of ether oxygens (including phenoxy) is 2. The van der Waals surface area contributed by atoms with Gasteiger partial charge in [-0.25, -0.2) is 0 Å². The average molecular weight is 423 g/mol. The number of allylic oxidation sites excluding steroid dienone is 1. The first-order chi connectivity index (χ1) is 15.1. The maximum atomic E-state index is 12.6. The molecule has 0 aromatic heterocycles. The van der Waals surface area contributed by atoms with Crippen LogP contribution in [0.3, 0.4) is 0 Å². The normalized spacial score (nSPS) is 26.9. The SMILES string of the molecule is C=CC(CC)[C@H]1CC[C@H](C(=O)Oc2ccc(C#C[C@H]3CC[C@H](OCC)CC3)cc2)CC1. The Morgan fingerprint density at radius 3 is 2.32 bits per heavy atom. The van der Waals surface area contributed by atoms with Crippen molar-refractivity contribution in [1.82, 2.24) is 0 Å². The van der Waals surface area contributed by atoms with E-state index in [4.69, 9.17) is 9.47 Å². The molecule has 0 bridgehead atoms. The van der Waals surface area contributed by atoms with Crippen LogP contribution >= 0.6 is 0 Å². The van der Waals surface area contributed by atoms with Crippen LogP contribution in [0.2, 0.25) is 0 Å². The highest BCUT2D eigenvalue weighted by atomic mass is 16.5. The molecule has 1 atom stereocenters. The molecule has 3 rings (SSSR count). The summed E-state index contributed by atoms with van der Waals surface area (Å²) in [7, 11) is 0. The Morgan fingerprint density at radius 1 is 1.06 bits per heavy atom. The lowest BCUT2D eigenvalue weighted by molar-refractivity contribution is -0.140. The molecule has 0 saturated heterocycles. The monoisotopic (exact) mass is 422 g/mol. The Kier molecular flexibility index (Phi) is 9.22. The summed E-state index contributed by atoms with van der Waals surface area (Å²) in [5.41, 5.74) is 0.974. The van der Waals surface area contributed by atoms with Crippen molar-refractivity contribution >= 4 is 5.97 Å². The van der Waals surface area contributed by atoms with Gasteiger partial charge in [-0.15, -0.1) is 6.58 Å². The molecule has 2 saturated carbocycles. The third-order valence-corrected chi connectivity index (χ3v) is 7.05. The lowest BCUT2D eigenvalue weighted by Crippen LogP contribution is -2.27. The highest BCUT2D eigenvalue weighted by molar-refractivity contribution is 5.75. The third kappa shape index (κ3) is 6.97. The van der Waals surface area contributed by atoms with Crippen LogP contribution in [-0.4, -0.2) is 18.7 Å². The molecule has 0 aliphatic heterocycles. The number of rotatable bonds is 7. The van der Waals surface area contributed by atoms with Gasteiger partial charge < -0.3 is 9.47 Å². The van der Waals surface area contributed by atoms with E-state index in [1.807, 2.05) is 24.3 Å². The average Bonchev–Trinajstić information content (AvgIpc) is 2.81. The van der Waals surface area contributed by atoms with Crippen LogP contribution in [0.15, 0.2) is 36.9 Å². The van der Waals surface area contributed by atoms with Crippen LogP contribution in [-0.2, 0) is 9.53 Å². The maximum Gasteiger partial charge on any atom is 0.314 e. The topological polar surface area (TPSA) is 35.5 Å². The van der Waals surface area contributed by atoms with E-state index in [1.165, 1.54) is 0 Å². The summed E-state index contributed by atoms with van der Waals surface area (Å²) < 4.78 is 11.4. The van der Waals surface area contributed by atoms with Crippen molar-refractivity contribution in [3.8, 4) is 17.6 Å². The number of carbonyl (C=O) groups is 1. The number of carbonyl (C=O) groups excluding carboxylic acids is 1. The summed E-state index contributed by atoms with van der Waals surface area (Å²) in [6.07, 6.45) is 12.1. The van der Waals surface area contributed by atoms with E-state index in [0.29, 0.717) is 29.6 Å². The van der Waals surface area contributed by atoms with Crippen molar-refractivity contribution in [2.45, 2.75) is 77.7 Å². The molecule has 2 aliphatic carbocycles. The second-order valence-electron chi connectivity index (χ2n) is 9.06. The second kappa shape index (κ2) is 12.1. The van der Waals surface area contributed by atoms with Gasteiger partial charge in [-0.3, -0.25) is 4.79 Å². The lowest BCUT2D eigenvalue weighted by Gasteiger charge is -2.31. The van der Waals surface area contributed by atoms with Gasteiger partial charge in [0.05, 0.1) is 12.0 Å². The van der Waals surface area contributed by atoms with E-state index < -0.39 is 0 Å². The van der Waals surface area contributed by atoms with Crippen molar-refractivity contribution < 1.29 is 14.3 Å². The Balaban J connectivity index is 1.45. The third-order valence-electron chi connectivity index (χ3n) is 7.05. The van der Waals surface area contributed by atoms with E-state index >= 15 is 0 Å². The van der Waals surface area contributed by atoms with Gasteiger partial charge in [-0.1, -0.05) is 24.8 Å². The van der Waals surface area contributed by atoms with Crippen molar-refractivity contribution in [1.29, 1.82) is 0 Å². The van der Waals surface area contributed by atoms with Crippen LogP contribution in [0, 0.1) is 35.5 Å². The molecular formula is C28H38O3. The van der Waals surface area contributed by atoms with Crippen molar-refractivity contribution in [2.24, 2.45) is 23.7 Å². The minimum absolute atomic E-state index is 0.0184. The number of hydrogen-bond acceptors (Lipinski definition) is 3. The molecule has 31 heavy (non-hydrogen) atoms. The van der Waals surface area contributed by atoms with Gasteiger partial charge in [0.15, 0.2) is 0 Å². The van der Waals surface area contributed by atoms with E-state index in [0.717, 1.165) is 70.0 Å². The molecule has 0 radical (unpaired) electrons. The molecule has 1 aromatic rings. The summed E-state index contributed by atoms with van der Waals surface area (Å²) >= 11 is 0. The van der Waals surface area contributed by atoms with Crippen LogP contribution in [0.1, 0.15) is 77.2 Å². The van der Waals surface area contributed by atoms with Gasteiger partial charge >= 0.3 is 5.97 Å². The van der Waals surface area contributed by atoms with Gasteiger partial charge in [0.2, 0.25) is 0 Å². The fourth-order valence-electron chi connectivity index (χ4n) is 5.08. The smallest absolute Gasteiger partial charge is 0.314 e. The number of hydrogen-bond donors (Lipinski definition) is 0. The Labute approximate surface area is 188 Å². The lowest BCUT2D eigenvalue weighted by atomic mass is 9.75. The van der Waals surface area contributed by atoms with Gasteiger partial charge in [-0.2, -0.15) is 0 Å². The predicted octanol–water partition coefficient (Wildman–Crippen LogP) is 6.56. The minimum atomic E-state index is -0.0880. The fourth-order valence-corrected chi connectivity index (χ4v) is 5.08. The van der Waals surface area contributed by atoms with E-state index in [-0.39, 0.29) is 11.9 Å². The summed E-state index contributed by atoms with van der Waals surface area (Å²) in [6.45, 7) is 9.04. The molecule has 168 valence electrons. The molecule has 0 N–H and O–H groups in total. The summed E-state index contributed by atoms with van der Waals surface area (Å²) in [5, 5.41) is 0. The first-order valence-corrected chi connectivity index (χ1v) is 12.2. The molecule has 1 aromatic carbocycles. The molecule has 1 unspecified atom stereocenters. The van der Waals surface area contributed by atoms with Gasteiger partial charge in [0.25, 0.3) is 0 Å². The van der Waals surface area contributed by atoms with E-state index in [1.54, 1.807) is 0 Å². The van der Waals surface area contributed by atoms with Gasteiger partial charge in [-0.05, 0) is 101 Å². The Bertz CT molecular complexity index is 754. The van der Waals surface area contributed by atoms with Crippen LogP contribution in [0.5, 0.6) is 5.75 Å². The molecule has 3 heteroatoms. The summed E-state index contributed by atoms with van der Waals surface area (Å²) in [4.78, 5) is 12.6. The van der Waals surface area contributed by atoms with Crippen LogP contribution in [0.25, 0.3) is 0 Å². The first-order valence-electron chi connectivity index (χ1n) is 12.2. The number of benzene rings is 1. The fraction of sp³-hybridized carbons (Fsp3) is 0.607. The quantitative estimate of drug-likeness (QED) is 0.216. The van der Waals surface area contributed by atoms with E-state index in [2.05, 4.69) is 38.3 Å². The molecule has 2 fully saturated rings. The molecule has 0 amide bonds. The molecule has 2 aliphatic rings. The predicted molar refractivity (Wildman–Crippen MR) is 126 cm³/mol. The van der Waals surface area contributed by atoms with Crippen molar-refractivity contribution in [3.63, 3.8) is 0 Å². The summed E-state index contributed by atoms with van der Waals surface area (Å²) in [5.74, 6) is 8.95. The van der Waals surface area contributed by atoms with Gasteiger partial charge in [0, 0.05) is 18.1 Å². The van der Waals surface area contributed by atoms with Crippen molar-refractivity contribution in [2.75, 3.05) is 6.61 Å². The first kappa shape index (κ1) is 23.6. The van der Waals surface area contributed by atoms with Crippen LogP contribution in [0.4, 0.5) is 0 Å². The zero-order valence-corrected chi connectivity index (χ0v) is 19.3. The zero-order valence-electron chi connectivity index (χ0n) is 19.3. The Hall–Kier alpha value is -2.05. The van der Waals surface area contributed by atoms with E-state index in [9.17, 15) is 4.79 Å². The summed E-state index contributed by atoms with van der Waals surface area (Å²) in [6, 6.07) is 7.64. The maximum absolute atomic E-state index is 12.6. The van der Waals surface area contributed by atoms with Crippen molar-refractivity contribution in [3.05, 3.63) is 42.5 Å². The largest absolute Gasteiger partial charge is 0.426 e. The van der Waals surface area contributed by atoms with Gasteiger partial charge in [0.1, 0.15) is 5.75 Å². The highest BCUT2D eigenvalue weighted by Gasteiger charge is 2.30. The van der Waals surface area contributed by atoms with Crippen LogP contribution < -0.4 is 4.74 Å². The minimum Gasteiger partial charge on any atom is -0.426 e. The second-order valence-corrected chi connectivity index (χ2v) is 9.06. The highest BCUT2D eigenvalue weighted by Crippen LogP contribution is 2.36. The molecule has 3 nitrogen and oxygen atoms in total. The molecule has 0 spiro atoms. The zero-order chi connectivity index (χ0) is 22.1. The Morgan fingerprint density at radius 2 is 1.74 bits per heavy atom.